The summed E-state index contributed by atoms with van der Waals surface area (Å²) in [6.45, 7) is 4.78. The Morgan fingerprint density at radius 1 is 1.09 bits per heavy atom. The molecule has 0 spiro atoms. The predicted molar refractivity (Wildman–Crippen MR) is 96.2 cm³/mol. The lowest BCUT2D eigenvalue weighted by Gasteiger charge is -2.21. The molecule has 0 unspecified atom stereocenters. The van der Waals surface area contributed by atoms with Crippen molar-refractivity contribution >= 4 is 23.4 Å². The number of aryl methyl sites for hydroxylation is 1. The normalized spacial score (nSPS) is 15.3. The van der Waals surface area contributed by atoms with Crippen molar-refractivity contribution in [3.63, 3.8) is 0 Å². The Labute approximate surface area is 142 Å². The van der Waals surface area contributed by atoms with Gasteiger partial charge in [-0.2, -0.15) is 4.98 Å². The van der Waals surface area contributed by atoms with Gasteiger partial charge in [-0.3, -0.25) is 0 Å². The minimum absolute atomic E-state index is 0.662. The third kappa shape index (κ3) is 4.35. The zero-order valence-corrected chi connectivity index (χ0v) is 14.3. The molecule has 2 heterocycles. The van der Waals surface area contributed by atoms with Crippen LogP contribution in [0.2, 0.25) is 5.02 Å². The molecular weight excluding hydrogens is 308 g/mol. The maximum atomic E-state index is 6.21. The molecule has 2 aromatic rings. The molecule has 1 aliphatic rings. The first-order valence-electron chi connectivity index (χ1n) is 8.30. The molecule has 0 saturated carbocycles. The number of hydrogen-bond donors (Lipinski definition) is 1. The Kier molecular flexibility index (Phi) is 5.34. The molecule has 0 aliphatic carbocycles. The molecule has 3 rings (SSSR count). The fourth-order valence-electron chi connectivity index (χ4n) is 2.88. The molecule has 0 bridgehead atoms. The van der Waals surface area contributed by atoms with E-state index in [4.69, 9.17) is 16.6 Å². The summed E-state index contributed by atoms with van der Waals surface area (Å²) in [6.07, 6.45) is 5.05. The first kappa shape index (κ1) is 16.1. The first-order chi connectivity index (χ1) is 11.2. The number of benzene rings is 1. The summed E-state index contributed by atoms with van der Waals surface area (Å²) in [5.74, 6) is 1.70. The summed E-state index contributed by atoms with van der Waals surface area (Å²) in [6, 6.07) is 9.86. The lowest BCUT2D eigenvalue weighted by molar-refractivity contribution is 0.726. The Hall–Kier alpha value is -1.81. The van der Waals surface area contributed by atoms with Crippen LogP contribution in [0.3, 0.4) is 0 Å². The van der Waals surface area contributed by atoms with E-state index in [1.807, 2.05) is 37.3 Å². The van der Waals surface area contributed by atoms with Crippen molar-refractivity contribution in [2.24, 2.45) is 0 Å². The van der Waals surface area contributed by atoms with Gasteiger partial charge in [0.2, 0.25) is 5.95 Å². The summed E-state index contributed by atoms with van der Waals surface area (Å²) < 4.78 is 0. The van der Waals surface area contributed by atoms with Gasteiger partial charge in [-0.05, 0) is 31.4 Å². The average Bonchev–Trinajstić information content (AvgIpc) is 2.83. The molecule has 1 N–H and O–H groups in total. The van der Waals surface area contributed by atoms with E-state index in [1.54, 1.807) is 0 Å². The third-order valence-electron chi connectivity index (χ3n) is 4.15. The van der Waals surface area contributed by atoms with Gasteiger partial charge in [0.25, 0.3) is 0 Å². The summed E-state index contributed by atoms with van der Waals surface area (Å²) >= 11 is 6.21. The van der Waals surface area contributed by atoms with Crippen LogP contribution in [0.15, 0.2) is 30.3 Å². The van der Waals surface area contributed by atoms with Crippen molar-refractivity contribution in [1.29, 1.82) is 0 Å². The monoisotopic (exact) mass is 330 g/mol. The van der Waals surface area contributed by atoms with Crippen LogP contribution in [-0.4, -0.2) is 23.1 Å². The molecular formula is C18H23ClN4. The molecule has 122 valence electrons. The summed E-state index contributed by atoms with van der Waals surface area (Å²) in [5.41, 5.74) is 2.06. The Morgan fingerprint density at radius 3 is 2.57 bits per heavy atom. The first-order valence-corrected chi connectivity index (χ1v) is 8.68. The lowest BCUT2D eigenvalue weighted by Crippen LogP contribution is -2.26. The van der Waals surface area contributed by atoms with E-state index in [9.17, 15) is 0 Å². The summed E-state index contributed by atoms with van der Waals surface area (Å²) in [7, 11) is 0. The molecule has 5 heteroatoms. The Morgan fingerprint density at radius 2 is 1.83 bits per heavy atom. The van der Waals surface area contributed by atoms with Crippen LogP contribution in [0.25, 0.3) is 0 Å². The summed E-state index contributed by atoms with van der Waals surface area (Å²) in [5, 5.41) is 4.15. The highest BCUT2D eigenvalue weighted by atomic mass is 35.5. The van der Waals surface area contributed by atoms with Crippen LogP contribution in [0.1, 0.15) is 36.9 Å². The molecule has 0 atom stereocenters. The smallest absolute Gasteiger partial charge is 0.227 e. The second-order valence-corrected chi connectivity index (χ2v) is 6.45. The fourth-order valence-corrected chi connectivity index (χ4v) is 3.09. The predicted octanol–water partition coefficient (Wildman–Crippen LogP) is 4.43. The minimum Gasteiger partial charge on any atom is -0.366 e. The lowest BCUT2D eigenvalue weighted by atomic mass is 10.2. The van der Waals surface area contributed by atoms with Gasteiger partial charge in [-0.1, -0.05) is 42.6 Å². The van der Waals surface area contributed by atoms with Crippen LogP contribution >= 0.6 is 11.6 Å². The second kappa shape index (κ2) is 7.64. The van der Waals surface area contributed by atoms with Gasteiger partial charge in [0.1, 0.15) is 5.82 Å². The largest absolute Gasteiger partial charge is 0.366 e. The fraction of sp³-hybridized carbons (Fsp3) is 0.444. The number of nitrogens with zero attached hydrogens (tertiary/aromatic N) is 3. The van der Waals surface area contributed by atoms with Gasteiger partial charge in [-0.25, -0.2) is 4.98 Å². The van der Waals surface area contributed by atoms with E-state index in [-0.39, 0.29) is 0 Å². The van der Waals surface area contributed by atoms with Gasteiger partial charge in [0, 0.05) is 36.4 Å². The topological polar surface area (TPSA) is 41.1 Å². The molecule has 1 aromatic heterocycles. The number of halogens is 1. The van der Waals surface area contributed by atoms with E-state index in [1.165, 1.54) is 25.7 Å². The van der Waals surface area contributed by atoms with Crippen molar-refractivity contribution in [3.8, 4) is 0 Å². The highest BCUT2D eigenvalue weighted by Crippen LogP contribution is 2.20. The highest BCUT2D eigenvalue weighted by Gasteiger charge is 2.13. The van der Waals surface area contributed by atoms with E-state index in [2.05, 4.69) is 15.2 Å². The molecule has 0 amide bonds. The maximum Gasteiger partial charge on any atom is 0.227 e. The standard InChI is InChI=1S/C18H23ClN4/c1-14-12-17(20-13-15-8-4-5-9-16(15)19)22-18(21-14)23-10-6-2-3-7-11-23/h4-5,8-9,12H,2-3,6-7,10-11,13H2,1H3,(H,20,21,22). The van der Waals surface area contributed by atoms with Crippen LogP contribution in [0.5, 0.6) is 0 Å². The van der Waals surface area contributed by atoms with Crippen LogP contribution in [0.4, 0.5) is 11.8 Å². The maximum absolute atomic E-state index is 6.21. The van der Waals surface area contributed by atoms with Crippen molar-refractivity contribution in [3.05, 3.63) is 46.6 Å². The number of hydrogen-bond acceptors (Lipinski definition) is 4. The summed E-state index contributed by atoms with van der Waals surface area (Å²) in [4.78, 5) is 11.6. The van der Waals surface area contributed by atoms with E-state index in [0.29, 0.717) is 6.54 Å². The molecule has 1 aromatic carbocycles. The van der Waals surface area contributed by atoms with E-state index in [0.717, 1.165) is 41.1 Å². The van der Waals surface area contributed by atoms with Gasteiger partial charge >= 0.3 is 0 Å². The van der Waals surface area contributed by atoms with Crippen molar-refractivity contribution < 1.29 is 0 Å². The Balaban J connectivity index is 1.73. The van der Waals surface area contributed by atoms with E-state index >= 15 is 0 Å². The number of aromatic nitrogens is 2. The SMILES string of the molecule is Cc1cc(NCc2ccccc2Cl)nc(N2CCCCCC2)n1. The molecule has 0 radical (unpaired) electrons. The molecule has 23 heavy (non-hydrogen) atoms. The molecule has 1 saturated heterocycles. The number of nitrogens with one attached hydrogen (secondary N) is 1. The average molecular weight is 331 g/mol. The molecule has 1 fully saturated rings. The van der Waals surface area contributed by atoms with Crippen LogP contribution in [0, 0.1) is 6.92 Å². The zero-order chi connectivity index (χ0) is 16.1. The van der Waals surface area contributed by atoms with E-state index < -0.39 is 0 Å². The van der Waals surface area contributed by atoms with Gasteiger partial charge in [0.15, 0.2) is 0 Å². The van der Waals surface area contributed by atoms with Gasteiger partial charge in [0.05, 0.1) is 0 Å². The minimum atomic E-state index is 0.662. The highest BCUT2D eigenvalue weighted by molar-refractivity contribution is 6.31. The molecule has 4 nitrogen and oxygen atoms in total. The zero-order valence-electron chi connectivity index (χ0n) is 13.6. The van der Waals surface area contributed by atoms with Crippen molar-refractivity contribution in [1.82, 2.24) is 9.97 Å². The second-order valence-electron chi connectivity index (χ2n) is 6.04. The van der Waals surface area contributed by atoms with Gasteiger partial charge in [-0.15, -0.1) is 0 Å². The van der Waals surface area contributed by atoms with Crippen LogP contribution < -0.4 is 10.2 Å². The quantitative estimate of drug-likeness (QED) is 0.900. The number of rotatable bonds is 4. The number of anilines is 2. The van der Waals surface area contributed by atoms with Crippen LogP contribution in [-0.2, 0) is 6.54 Å². The van der Waals surface area contributed by atoms with Crippen molar-refractivity contribution in [2.45, 2.75) is 39.2 Å². The third-order valence-corrected chi connectivity index (χ3v) is 4.52. The van der Waals surface area contributed by atoms with Crippen molar-refractivity contribution in [2.75, 3.05) is 23.3 Å². The molecule has 1 aliphatic heterocycles. The Bertz CT molecular complexity index is 651. The van der Waals surface area contributed by atoms with Gasteiger partial charge < -0.3 is 10.2 Å².